The Morgan fingerprint density at radius 1 is 1.45 bits per heavy atom. The van der Waals surface area contributed by atoms with Crippen molar-refractivity contribution in [1.82, 2.24) is 4.90 Å². The first-order valence-electron chi connectivity index (χ1n) is 6.11. The van der Waals surface area contributed by atoms with Crippen LogP contribution in [0.25, 0.3) is 0 Å². The zero-order valence-corrected chi connectivity index (χ0v) is 12.1. The Bertz CT molecular complexity index is 537. The van der Waals surface area contributed by atoms with Crippen LogP contribution >= 0.6 is 0 Å². The third-order valence-corrected chi connectivity index (χ3v) is 3.17. The number of amides is 1. The second kappa shape index (κ2) is 6.66. The van der Waals surface area contributed by atoms with Gasteiger partial charge in [0.05, 0.1) is 38.0 Å². The van der Waals surface area contributed by atoms with Gasteiger partial charge in [-0.15, -0.1) is 0 Å². The van der Waals surface area contributed by atoms with Gasteiger partial charge < -0.3 is 20.1 Å². The highest BCUT2D eigenvalue weighted by Crippen LogP contribution is 2.32. The van der Waals surface area contributed by atoms with Crippen molar-refractivity contribution in [3.8, 4) is 17.6 Å². The van der Waals surface area contributed by atoms with Gasteiger partial charge in [0.1, 0.15) is 11.5 Å². The van der Waals surface area contributed by atoms with E-state index in [9.17, 15) is 4.79 Å². The molecule has 0 saturated heterocycles. The smallest absolute Gasteiger partial charge is 0.256 e. The summed E-state index contributed by atoms with van der Waals surface area (Å²) in [5.41, 5.74) is 6.50. The molecule has 1 atom stereocenters. The summed E-state index contributed by atoms with van der Waals surface area (Å²) >= 11 is 0. The molecule has 0 aliphatic heterocycles. The molecule has 1 aromatic rings. The Kier molecular flexibility index (Phi) is 5.21. The SMILES string of the molecule is COc1cc(OC)c(N)c(C(=O)N(C)C(C)CC#N)c1. The van der Waals surface area contributed by atoms with E-state index in [4.69, 9.17) is 20.5 Å². The Morgan fingerprint density at radius 2 is 2.10 bits per heavy atom. The fraction of sp³-hybridized carbons (Fsp3) is 0.429. The van der Waals surface area contributed by atoms with Crippen LogP contribution in [0.4, 0.5) is 5.69 Å². The van der Waals surface area contributed by atoms with Crippen molar-refractivity contribution in [2.45, 2.75) is 19.4 Å². The molecule has 0 bridgehead atoms. The number of anilines is 1. The Hall–Kier alpha value is -2.42. The third-order valence-electron chi connectivity index (χ3n) is 3.17. The second-order valence-electron chi connectivity index (χ2n) is 4.42. The first-order chi connectivity index (χ1) is 9.46. The zero-order chi connectivity index (χ0) is 15.3. The summed E-state index contributed by atoms with van der Waals surface area (Å²) in [6, 6.07) is 5.02. The van der Waals surface area contributed by atoms with Crippen molar-refractivity contribution in [3.05, 3.63) is 17.7 Å². The molecule has 1 rings (SSSR count). The number of methoxy groups -OCH3 is 2. The number of nitrogens with two attached hydrogens (primary N) is 1. The summed E-state index contributed by atoms with van der Waals surface area (Å²) in [4.78, 5) is 13.9. The Balaban J connectivity index is 3.18. The number of nitrogens with zero attached hydrogens (tertiary/aromatic N) is 2. The lowest BCUT2D eigenvalue weighted by Crippen LogP contribution is -2.35. The maximum atomic E-state index is 12.4. The van der Waals surface area contributed by atoms with Crippen LogP contribution in [0.5, 0.6) is 11.5 Å². The normalized spacial score (nSPS) is 11.3. The van der Waals surface area contributed by atoms with E-state index < -0.39 is 0 Å². The Labute approximate surface area is 118 Å². The van der Waals surface area contributed by atoms with Crippen LogP contribution in [0.1, 0.15) is 23.7 Å². The van der Waals surface area contributed by atoms with Crippen LogP contribution in [0, 0.1) is 11.3 Å². The van der Waals surface area contributed by atoms with Crippen LogP contribution in [0.2, 0.25) is 0 Å². The van der Waals surface area contributed by atoms with E-state index >= 15 is 0 Å². The first-order valence-corrected chi connectivity index (χ1v) is 6.11. The summed E-state index contributed by atoms with van der Waals surface area (Å²) in [6.45, 7) is 1.80. The van der Waals surface area contributed by atoms with Crippen molar-refractivity contribution < 1.29 is 14.3 Å². The largest absolute Gasteiger partial charge is 0.497 e. The summed E-state index contributed by atoms with van der Waals surface area (Å²) in [7, 11) is 4.61. The molecule has 0 radical (unpaired) electrons. The highest BCUT2D eigenvalue weighted by atomic mass is 16.5. The monoisotopic (exact) mass is 277 g/mol. The van der Waals surface area contributed by atoms with Crippen LogP contribution < -0.4 is 15.2 Å². The molecule has 20 heavy (non-hydrogen) atoms. The maximum Gasteiger partial charge on any atom is 0.256 e. The van der Waals surface area contributed by atoms with Crippen molar-refractivity contribution in [2.75, 3.05) is 27.0 Å². The molecule has 6 heteroatoms. The average molecular weight is 277 g/mol. The number of hydrogen-bond donors (Lipinski definition) is 1. The highest BCUT2D eigenvalue weighted by molar-refractivity contribution is 6.01. The molecule has 2 N–H and O–H groups in total. The molecule has 0 aliphatic carbocycles. The zero-order valence-electron chi connectivity index (χ0n) is 12.1. The molecular formula is C14H19N3O3. The summed E-state index contributed by atoms with van der Waals surface area (Å²) in [5, 5.41) is 8.70. The molecular weight excluding hydrogens is 258 g/mol. The van der Waals surface area contributed by atoms with Crippen LogP contribution in [-0.4, -0.2) is 38.1 Å². The molecule has 108 valence electrons. The number of hydrogen-bond acceptors (Lipinski definition) is 5. The predicted molar refractivity (Wildman–Crippen MR) is 75.7 cm³/mol. The van der Waals surface area contributed by atoms with Crippen molar-refractivity contribution in [1.29, 1.82) is 5.26 Å². The number of nitrogen functional groups attached to an aromatic ring is 1. The van der Waals surface area contributed by atoms with Gasteiger partial charge in [-0.25, -0.2) is 0 Å². The predicted octanol–water partition coefficient (Wildman–Crippen LogP) is 1.66. The fourth-order valence-corrected chi connectivity index (χ4v) is 1.72. The molecule has 0 aliphatic rings. The van der Waals surface area contributed by atoms with Crippen LogP contribution in [0.3, 0.4) is 0 Å². The van der Waals surface area contributed by atoms with Crippen LogP contribution in [-0.2, 0) is 0 Å². The van der Waals surface area contributed by atoms with Crippen molar-refractivity contribution in [3.63, 3.8) is 0 Å². The maximum absolute atomic E-state index is 12.4. The van der Waals surface area contributed by atoms with E-state index in [0.29, 0.717) is 17.1 Å². The highest BCUT2D eigenvalue weighted by Gasteiger charge is 2.22. The molecule has 0 heterocycles. The quantitative estimate of drug-likeness (QED) is 0.827. The molecule has 0 fully saturated rings. The summed E-state index contributed by atoms with van der Waals surface area (Å²) in [6.07, 6.45) is 0.253. The van der Waals surface area contributed by atoms with E-state index in [2.05, 4.69) is 0 Å². The lowest BCUT2D eigenvalue weighted by molar-refractivity contribution is 0.0746. The van der Waals surface area contributed by atoms with Crippen LogP contribution in [0.15, 0.2) is 12.1 Å². The summed E-state index contributed by atoms with van der Waals surface area (Å²) in [5.74, 6) is 0.595. The van der Waals surface area contributed by atoms with Gasteiger partial charge in [-0.05, 0) is 13.0 Å². The van der Waals surface area contributed by atoms with Gasteiger partial charge in [-0.3, -0.25) is 4.79 Å². The molecule has 0 spiro atoms. The first kappa shape index (κ1) is 15.6. The fourth-order valence-electron chi connectivity index (χ4n) is 1.72. The van der Waals surface area contributed by atoms with Crippen molar-refractivity contribution >= 4 is 11.6 Å². The van der Waals surface area contributed by atoms with Gasteiger partial charge in [0.15, 0.2) is 0 Å². The number of rotatable bonds is 5. The lowest BCUT2D eigenvalue weighted by Gasteiger charge is -2.24. The standard InChI is InChI=1S/C14H19N3O3/c1-9(5-6-15)17(2)14(18)11-7-10(19-3)8-12(20-4)13(11)16/h7-9H,5,16H2,1-4H3. The van der Waals surface area contributed by atoms with Gasteiger partial charge >= 0.3 is 0 Å². The number of carbonyl (C=O) groups excluding carboxylic acids is 1. The minimum atomic E-state index is -0.276. The summed E-state index contributed by atoms with van der Waals surface area (Å²) < 4.78 is 10.3. The Morgan fingerprint density at radius 3 is 2.60 bits per heavy atom. The minimum absolute atomic E-state index is 0.205. The average Bonchev–Trinajstić information content (AvgIpc) is 2.46. The van der Waals surface area contributed by atoms with Gasteiger partial charge in [-0.1, -0.05) is 0 Å². The third kappa shape index (κ3) is 3.12. The topological polar surface area (TPSA) is 88.6 Å². The van der Waals surface area contributed by atoms with E-state index in [1.807, 2.05) is 6.07 Å². The van der Waals surface area contributed by atoms with E-state index in [0.717, 1.165) is 0 Å². The molecule has 0 aromatic heterocycles. The van der Waals surface area contributed by atoms with Gasteiger partial charge in [-0.2, -0.15) is 5.26 Å². The number of benzene rings is 1. The number of carbonyl (C=O) groups is 1. The molecule has 1 unspecified atom stereocenters. The number of nitriles is 1. The minimum Gasteiger partial charge on any atom is -0.497 e. The van der Waals surface area contributed by atoms with E-state index in [-0.39, 0.29) is 24.1 Å². The van der Waals surface area contributed by atoms with Gasteiger partial charge in [0.25, 0.3) is 5.91 Å². The van der Waals surface area contributed by atoms with Gasteiger partial charge in [0, 0.05) is 19.2 Å². The molecule has 6 nitrogen and oxygen atoms in total. The van der Waals surface area contributed by atoms with Gasteiger partial charge in [0.2, 0.25) is 0 Å². The second-order valence-corrected chi connectivity index (χ2v) is 4.42. The molecule has 1 aromatic carbocycles. The van der Waals surface area contributed by atoms with Crippen molar-refractivity contribution in [2.24, 2.45) is 0 Å². The lowest BCUT2D eigenvalue weighted by atomic mass is 10.1. The number of ether oxygens (including phenoxy) is 2. The molecule has 1 amide bonds. The van der Waals surface area contributed by atoms with E-state index in [1.54, 1.807) is 26.1 Å². The van der Waals surface area contributed by atoms with E-state index in [1.165, 1.54) is 19.1 Å². The molecule has 0 saturated carbocycles.